The highest BCUT2D eigenvalue weighted by atomic mass is 16.5. The molecule has 1 fully saturated rings. The SMILES string of the molecule is CNCC1CCc2nc(CC3CCCCO3)nc(C)c2C1. The largest absolute Gasteiger partial charge is 0.378 e. The quantitative estimate of drug-likeness (QED) is 0.923. The molecule has 4 heteroatoms. The van der Waals surface area contributed by atoms with Crippen LogP contribution in [0.5, 0.6) is 0 Å². The van der Waals surface area contributed by atoms with Crippen LogP contribution in [0.1, 0.15) is 48.5 Å². The zero-order valence-electron chi connectivity index (χ0n) is 13.3. The summed E-state index contributed by atoms with van der Waals surface area (Å²) in [6.07, 6.45) is 8.32. The van der Waals surface area contributed by atoms with E-state index >= 15 is 0 Å². The summed E-state index contributed by atoms with van der Waals surface area (Å²) >= 11 is 0. The Morgan fingerprint density at radius 1 is 1.24 bits per heavy atom. The van der Waals surface area contributed by atoms with Gasteiger partial charge in [-0.1, -0.05) is 0 Å². The van der Waals surface area contributed by atoms with Gasteiger partial charge in [-0.15, -0.1) is 0 Å². The van der Waals surface area contributed by atoms with E-state index in [-0.39, 0.29) is 0 Å². The molecule has 0 radical (unpaired) electrons. The van der Waals surface area contributed by atoms with Crippen LogP contribution in [-0.4, -0.2) is 36.3 Å². The number of nitrogens with zero attached hydrogens (tertiary/aromatic N) is 2. The van der Waals surface area contributed by atoms with E-state index in [0.29, 0.717) is 6.10 Å². The molecule has 0 bridgehead atoms. The summed E-state index contributed by atoms with van der Waals surface area (Å²) in [5.41, 5.74) is 3.88. The van der Waals surface area contributed by atoms with Crippen molar-refractivity contribution in [3.8, 4) is 0 Å². The van der Waals surface area contributed by atoms with Gasteiger partial charge >= 0.3 is 0 Å². The molecule has 1 saturated heterocycles. The second kappa shape index (κ2) is 6.84. The van der Waals surface area contributed by atoms with Crippen molar-refractivity contribution in [3.63, 3.8) is 0 Å². The first-order valence-electron chi connectivity index (χ1n) is 8.37. The molecule has 1 aliphatic carbocycles. The fraction of sp³-hybridized carbons (Fsp3) is 0.765. The number of rotatable bonds is 4. The molecule has 0 aromatic carbocycles. The number of hydrogen-bond donors (Lipinski definition) is 1. The summed E-state index contributed by atoms with van der Waals surface area (Å²) < 4.78 is 5.83. The Balaban J connectivity index is 1.72. The average molecular weight is 289 g/mol. The van der Waals surface area contributed by atoms with Crippen LogP contribution >= 0.6 is 0 Å². The van der Waals surface area contributed by atoms with Crippen molar-refractivity contribution in [1.82, 2.24) is 15.3 Å². The van der Waals surface area contributed by atoms with Crippen molar-refractivity contribution in [2.24, 2.45) is 5.92 Å². The third-order valence-corrected chi connectivity index (χ3v) is 4.81. The van der Waals surface area contributed by atoms with E-state index in [4.69, 9.17) is 14.7 Å². The van der Waals surface area contributed by atoms with E-state index in [1.165, 1.54) is 36.2 Å². The first-order chi connectivity index (χ1) is 10.3. The van der Waals surface area contributed by atoms with Crippen molar-refractivity contribution < 1.29 is 4.74 Å². The van der Waals surface area contributed by atoms with E-state index in [0.717, 1.165) is 50.6 Å². The number of nitrogens with one attached hydrogen (secondary N) is 1. The van der Waals surface area contributed by atoms with Crippen LogP contribution in [0.4, 0.5) is 0 Å². The lowest BCUT2D eigenvalue weighted by molar-refractivity contribution is 0.0156. The third kappa shape index (κ3) is 3.61. The van der Waals surface area contributed by atoms with Crippen LogP contribution in [0, 0.1) is 12.8 Å². The maximum Gasteiger partial charge on any atom is 0.131 e. The zero-order chi connectivity index (χ0) is 14.7. The predicted octanol–water partition coefficient (Wildman–Crippen LogP) is 2.22. The molecule has 2 heterocycles. The molecule has 1 aliphatic heterocycles. The van der Waals surface area contributed by atoms with Gasteiger partial charge in [0.1, 0.15) is 5.82 Å². The van der Waals surface area contributed by atoms with Gasteiger partial charge < -0.3 is 10.1 Å². The van der Waals surface area contributed by atoms with E-state index < -0.39 is 0 Å². The number of aromatic nitrogens is 2. The van der Waals surface area contributed by atoms with Gasteiger partial charge in [-0.2, -0.15) is 0 Å². The van der Waals surface area contributed by atoms with E-state index in [9.17, 15) is 0 Å². The van der Waals surface area contributed by atoms with Crippen molar-refractivity contribution in [1.29, 1.82) is 0 Å². The first-order valence-corrected chi connectivity index (χ1v) is 8.37. The number of fused-ring (bicyclic) bond motifs is 1. The second-order valence-electron chi connectivity index (χ2n) is 6.51. The summed E-state index contributed by atoms with van der Waals surface area (Å²) in [6.45, 7) is 4.14. The number of aryl methyl sites for hydroxylation is 2. The van der Waals surface area contributed by atoms with Gasteiger partial charge in [0.2, 0.25) is 0 Å². The standard InChI is InChI=1S/C17H27N3O/c1-12-15-9-13(11-18-2)6-7-16(15)20-17(19-12)10-14-5-3-4-8-21-14/h13-14,18H,3-11H2,1-2H3. The van der Waals surface area contributed by atoms with Gasteiger partial charge in [0.05, 0.1) is 6.10 Å². The monoisotopic (exact) mass is 289 g/mol. The Kier molecular flexibility index (Phi) is 4.86. The molecule has 3 rings (SSSR count). The van der Waals surface area contributed by atoms with Gasteiger partial charge in [-0.05, 0) is 70.5 Å². The van der Waals surface area contributed by atoms with Crippen LogP contribution in [0.15, 0.2) is 0 Å². The highest BCUT2D eigenvalue weighted by Gasteiger charge is 2.23. The van der Waals surface area contributed by atoms with Crippen molar-refractivity contribution in [2.75, 3.05) is 20.2 Å². The van der Waals surface area contributed by atoms with Gasteiger partial charge in [0.15, 0.2) is 0 Å². The van der Waals surface area contributed by atoms with Crippen molar-refractivity contribution in [3.05, 3.63) is 22.8 Å². The van der Waals surface area contributed by atoms with Crippen molar-refractivity contribution >= 4 is 0 Å². The molecule has 1 N–H and O–H groups in total. The van der Waals surface area contributed by atoms with Crippen LogP contribution < -0.4 is 5.32 Å². The third-order valence-electron chi connectivity index (χ3n) is 4.81. The normalized spacial score (nSPS) is 25.6. The topological polar surface area (TPSA) is 47.0 Å². The summed E-state index contributed by atoms with van der Waals surface area (Å²) in [6, 6.07) is 0. The molecule has 1 aromatic rings. The fourth-order valence-electron chi connectivity index (χ4n) is 3.65. The molecule has 4 nitrogen and oxygen atoms in total. The maximum absolute atomic E-state index is 5.83. The van der Waals surface area contributed by atoms with Gasteiger partial charge in [-0.3, -0.25) is 0 Å². The lowest BCUT2D eigenvalue weighted by Crippen LogP contribution is -2.27. The molecule has 21 heavy (non-hydrogen) atoms. The molecule has 1 aromatic heterocycles. The van der Waals surface area contributed by atoms with E-state index in [1.54, 1.807) is 0 Å². The highest BCUT2D eigenvalue weighted by Crippen LogP contribution is 2.26. The van der Waals surface area contributed by atoms with E-state index in [2.05, 4.69) is 12.2 Å². The zero-order valence-corrected chi connectivity index (χ0v) is 13.3. The van der Waals surface area contributed by atoms with Crippen LogP contribution in [0.25, 0.3) is 0 Å². The summed E-state index contributed by atoms with van der Waals surface area (Å²) in [5, 5.41) is 3.30. The van der Waals surface area contributed by atoms with Crippen LogP contribution in [-0.2, 0) is 24.0 Å². The van der Waals surface area contributed by atoms with Gasteiger partial charge in [0, 0.05) is 24.4 Å². The Labute approximate surface area is 127 Å². The predicted molar refractivity (Wildman–Crippen MR) is 83.5 cm³/mol. The van der Waals surface area contributed by atoms with Gasteiger partial charge in [-0.25, -0.2) is 9.97 Å². The molecule has 0 amide bonds. The minimum atomic E-state index is 0.330. The Bertz CT molecular complexity index is 483. The molecule has 2 unspecified atom stereocenters. The molecule has 116 valence electrons. The minimum Gasteiger partial charge on any atom is -0.378 e. The Morgan fingerprint density at radius 2 is 2.14 bits per heavy atom. The van der Waals surface area contributed by atoms with Gasteiger partial charge in [0.25, 0.3) is 0 Å². The minimum absolute atomic E-state index is 0.330. The fourth-order valence-corrected chi connectivity index (χ4v) is 3.65. The smallest absolute Gasteiger partial charge is 0.131 e. The highest BCUT2D eigenvalue weighted by molar-refractivity contribution is 5.28. The van der Waals surface area contributed by atoms with Crippen LogP contribution in [0.2, 0.25) is 0 Å². The molecular weight excluding hydrogens is 262 g/mol. The van der Waals surface area contributed by atoms with E-state index in [1.807, 2.05) is 7.05 Å². The Morgan fingerprint density at radius 3 is 2.90 bits per heavy atom. The first kappa shape index (κ1) is 14.9. The molecular formula is C17H27N3O. The summed E-state index contributed by atoms with van der Waals surface area (Å²) in [4.78, 5) is 9.61. The van der Waals surface area contributed by atoms with Crippen molar-refractivity contribution in [2.45, 2.75) is 58.0 Å². The number of ether oxygens (including phenoxy) is 1. The molecule has 2 atom stereocenters. The van der Waals surface area contributed by atoms with Crippen LogP contribution in [0.3, 0.4) is 0 Å². The lowest BCUT2D eigenvalue weighted by atomic mass is 9.85. The molecule has 0 spiro atoms. The lowest BCUT2D eigenvalue weighted by Gasteiger charge is -2.26. The summed E-state index contributed by atoms with van der Waals surface area (Å²) in [7, 11) is 2.03. The number of hydrogen-bond acceptors (Lipinski definition) is 4. The molecule has 2 aliphatic rings. The Hall–Kier alpha value is -1.00. The average Bonchev–Trinajstić information content (AvgIpc) is 2.49. The second-order valence-corrected chi connectivity index (χ2v) is 6.51. The molecule has 0 saturated carbocycles. The maximum atomic E-state index is 5.83. The summed E-state index contributed by atoms with van der Waals surface area (Å²) in [5.74, 6) is 1.72.